The highest BCUT2D eigenvalue weighted by molar-refractivity contribution is 7.89. The summed E-state index contributed by atoms with van der Waals surface area (Å²) in [5.74, 6) is -0.197. The number of halogens is 1. The Bertz CT molecular complexity index is 1250. The molecule has 8 heteroatoms. The Balaban J connectivity index is 1.64. The molecule has 3 aromatic rings. The summed E-state index contributed by atoms with van der Waals surface area (Å²) in [4.78, 5) is 6.34. The van der Waals surface area contributed by atoms with Gasteiger partial charge in [-0.05, 0) is 43.2 Å². The molecule has 1 fully saturated rings. The number of sulfonamides is 1. The number of nitrogens with zero attached hydrogens (tertiary/aromatic N) is 4. The Morgan fingerprint density at radius 3 is 2.63 bits per heavy atom. The third-order valence-corrected chi connectivity index (χ3v) is 7.21. The predicted octanol–water partition coefficient (Wildman–Crippen LogP) is 3.46. The van der Waals surface area contributed by atoms with Gasteiger partial charge in [-0.3, -0.25) is 0 Å². The van der Waals surface area contributed by atoms with E-state index in [-0.39, 0.29) is 18.0 Å². The van der Waals surface area contributed by atoms with Crippen LogP contribution in [0.5, 0.6) is 0 Å². The third kappa shape index (κ3) is 3.74. The second kappa shape index (κ2) is 8.01. The highest BCUT2D eigenvalue weighted by Crippen LogP contribution is 2.26. The van der Waals surface area contributed by atoms with E-state index in [1.54, 1.807) is 0 Å². The highest BCUT2D eigenvalue weighted by atomic mass is 32.2. The topological polar surface area (TPSA) is 77.3 Å². The predicted molar refractivity (Wildman–Crippen MR) is 113 cm³/mol. The Morgan fingerprint density at radius 2 is 1.87 bits per heavy atom. The van der Waals surface area contributed by atoms with Gasteiger partial charge in [0, 0.05) is 31.6 Å². The van der Waals surface area contributed by atoms with E-state index >= 15 is 0 Å². The molecule has 0 N–H and O–H groups in total. The van der Waals surface area contributed by atoms with Gasteiger partial charge in [0.15, 0.2) is 0 Å². The van der Waals surface area contributed by atoms with Crippen molar-refractivity contribution in [2.45, 2.75) is 18.2 Å². The van der Waals surface area contributed by atoms with Gasteiger partial charge in [-0.15, -0.1) is 0 Å². The molecule has 1 aliphatic heterocycles. The molecule has 1 saturated heterocycles. The van der Waals surface area contributed by atoms with Crippen LogP contribution in [0.15, 0.2) is 53.4 Å². The van der Waals surface area contributed by atoms with Crippen molar-refractivity contribution in [1.82, 2.24) is 9.29 Å². The Labute approximate surface area is 175 Å². The lowest BCUT2D eigenvalue weighted by Crippen LogP contribution is -2.36. The lowest BCUT2D eigenvalue weighted by Gasteiger charge is -2.24. The average molecular weight is 425 g/mol. The molecule has 1 aliphatic rings. The molecule has 2 heterocycles. The van der Waals surface area contributed by atoms with Crippen LogP contribution in [0.3, 0.4) is 0 Å². The summed E-state index contributed by atoms with van der Waals surface area (Å²) in [5, 5.41) is 10.5. The van der Waals surface area contributed by atoms with E-state index < -0.39 is 15.8 Å². The van der Waals surface area contributed by atoms with Crippen molar-refractivity contribution in [3.05, 3.63) is 65.5 Å². The zero-order chi connectivity index (χ0) is 21.3. The van der Waals surface area contributed by atoms with E-state index in [1.165, 1.54) is 22.5 Å². The van der Waals surface area contributed by atoms with Crippen LogP contribution in [-0.4, -0.2) is 43.9 Å². The van der Waals surface area contributed by atoms with Crippen molar-refractivity contribution in [2.24, 2.45) is 0 Å². The summed E-state index contributed by atoms with van der Waals surface area (Å²) >= 11 is 0. The minimum atomic E-state index is -3.93. The summed E-state index contributed by atoms with van der Waals surface area (Å²) in [6.07, 6.45) is 0.548. The maximum absolute atomic E-state index is 14.1. The molecule has 1 aromatic heterocycles. The van der Waals surface area contributed by atoms with Gasteiger partial charge < -0.3 is 4.90 Å². The fourth-order valence-corrected chi connectivity index (χ4v) is 5.26. The van der Waals surface area contributed by atoms with Crippen molar-refractivity contribution in [3.63, 3.8) is 0 Å². The van der Waals surface area contributed by atoms with Gasteiger partial charge >= 0.3 is 0 Å². The number of hydrogen-bond donors (Lipinski definition) is 0. The fraction of sp³-hybridized carbons (Fsp3) is 0.273. The maximum atomic E-state index is 14.1. The summed E-state index contributed by atoms with van der Waals surface area (Å²) < 4.78 is 41.3. The second-order valence-corrected chi connectivity index (χ2v) is 9.25. The SMILES string of the molecule is Cc1ccc2cc(C#N)c(N3CCCN(S(=O)(=O)c4ccccc4F)CC3)nc2c1. The molecule has 0 spiro atoms. The van der Waals surface area contributed by atoms with Gasteiger partial charge in [0.1, 0.15) is 22.6 Å². The van der Waals surface area contributed by atoms with Gasteiger partial charge in [-0.25, -0.2) is 17.8 Å². The van der Waals surface area contributed by atoms with E-state index in [1.807, 2.05) is 36.1 Å². The molecule has 0 saturated carbocycles. The normalized spacial score (nSPS) is 15.7. The molecule has 6 nitrogen and oxygen atoms in total. The van der Waals surface area contributed by atoms with E-state index in [4.69, 9.17) is 4.98 Å². The summed E-state index contributed by atoms with van der Waals surface area (Å²) in [6.45, 7) is 3.38. The van der Waals surface area contributed by atoms with Crippen molar-refractivity contribution < 1.29 is 12.8 Å². The average Bonchev–Trinajstić information content (AvgIpc) is 2.99. The first-order chi connectivity index (χ1) is 14.4. The number of aryl methyl sites for hydroxylation is 1. The van der Waals surface area contributed by atoms with Crippen molar-refractivity contribution >= 4 is 26.7 Å². The van der Waals surface area contributed by atoms with Crippen LogP contribution in [0.4, 0.5) is 10.2 Å². The van der Waals surface area contributed by atoms with Gasteiger partial charge in [-0.1, -0.05) is 24.3 Å². The monoisotopic (exact) mass is 424 g/mol. The first kappa shape index (κ1) is 20.3. The van der Waals surface area contributed by atoms with E-state index in [0.717, 1.165) is 22.5 Å². The first-order valence-electron chi connectivity index (χ1n) is 9.71. The number of nitriles is 1. The number of rotatable bonds is 3. The molecule has 0 aliphatic carbocycles. The largest absolute Gasteiger partial charge is 0.354 e. The molecular weight excluding hydrogens is 403 g/mol. The lowest BCUT2D eigenvalue weighted by atomic mass is 10.1. The molecule has 0 atom stereocenters. The quantitative estimate of drug-likeness (QED) is 0.644. The molecule has 0 unspecified atom stereocenters. The zero-order valence-electron chi connectivity index (χ0n) is 16.5. The molecule has 30 heavy (non-hydrogen) atoms. The van der Waals surface area contributed by atoms with Crippen LogP contribution in [0, 0.1) is 24.1 Å². The first-order valence-corrected chi connectivity index (χ1v) is 11.2. The van der Waals surface area contributed by atoms with E-state index in [2.05, 4.69) is 6.07 Å². The lowest BCUT2D eigenvalue weighted by molar-refractivity contribution is 0.428. The number of anilines is 1. The van der Waals surface area contributed by atoms with Gasteiger partial charge in [0.25, 0.3) is 0 Å². The summed E-state index contributed by atoms with van der Waals surface area (Å²) in [6, 6.07) is 15.3. The van der Waals surface area contributed by atoms with Crippen molar-refractivity contribution in [3.8, 4) is 6.07 Å². The minimum absolute atomic E-state index is 0.190. The summed E-state index contributed by atoms with van der Waals surface area (Å²) in [5.41, 5.74) is 2.32. The van der Waals surface area contributed by atoms with Crippen LogP contribution in [0.25, 0.3) is 10.9 Å². The third-order valence-electron chi connectivity index (χ3n) is 5.28. The van der Waals surface area contributed by atoms with Crippen LogP contribution in [0.2, 0.25) is 0 Å². The van der Waals surface area contributed by atoms with Crippen LogP contribution >= 0.6 is 0 Å². The van der Waals surface area contributed by atoms with Gasteiger partial charge in [0.2, 0.25) is 10.0 Å². The van der Waals surface area contributed by atoms with Gasteiger partial charge in [-0.2, -0.15) is 9.57 Å². The molecule has 4 rings (SSSR count). The molecule has 2 aromatic carbocycles. The van der Waals surface area contributed by atoms with Crippen molar-refractivity contribution in [2.75, 3.05) is 31.1 Å². The van der Waals surface area contributed by atoms with E-state index in [0.29, 0.717) is 30.9 Å². The number of fused-ring (bicyclic) bond motifs is 1. The minimum Gasteiger partial charge on any atom is -0.354 e. The molecular formula is C22H21FN4O2S. The second-order valence-electron chi connectivity index (χ2n) is 7.34. The summed E-state index contributed by atoms with van der Waals surface area (Å²) in [7, 11) is -3.93. The Hall–Kier alpha value is -3.02. The molecule has 154 valence electrons. The fourth-order valence-electron chi connectivity index (χ4n) is 3.73. The molecule has 0 radical (unpaired) electrons. The smallest absolute Gasteiger partial charge is 0.246 e. The molecule has 0 bridgehead atoms. The van der Waals surface area contributed by atoms with Crippen LogP contribution < -0.4 is 4.90 Å². The molecule has 0 amide bonds. The van der Waals surface area contributed by atoms with Crippen LogP contribution in [-0.2, 0) is 10.0 Å². The van der Waals surface area contributed by atoms with E-state index in [9.17, 15) is 18.1 Å². The zero-order valence-corrected chi connectivity index (χ0v) is 17.4. The number of benzene rings is 2. The van der Waals surface area contributed by atoms with Gasteiger partial charge in [0.05, 0.1) is 11.1 Å². The Morgan fingerprint density at radius 1 is 1.07 bits per heavy atom. The number of hydrogen-bond acceptors (Lipinski definition) is 5. The number of aromatic nitrogens is 1. The van der Waals surface area contributed by atoms with Crippen molar-refractivity contribution in [1.29, 1.82) is 5.26 Å². The standard InChI is InChI=1S/C22H21FN4O2S/c1-16-7-8-17-14-18(15-24)22(25-20(17)13-16)26-9-4-10-27(12-11-26)30(28,29)21-6-3-2-5-19(21)23/h2-3,5-8,13-14H,4,9-12H2,1H3. The maximum Gasteiger partial charge on any atom is 0.246 e. The number of pyridine rings is 1. The van der Waals surface area contributed by atoms with Crippen LogP contribution in [0.1, 0.15) is 17.5 Å². The Kier molecular flexibility index (Phi) is 5.41. The highest BCUT2D eigenvalue weighted by Gasteiger charge is 2.30.